The van der Waals surface area contributed by atoms with Crippen LogP contribution in [0.5, 0.6) is 11.5 Å². The van der Waals surface area contributed by atoms with Gasteiger partial charge in [-0.3, -0.25) is 4.79 Å². The first-order valence-corrected chi connectivity index (χ1v) is 10.6. The molecule has 2 atom stereocenters. The molecule has 2 unspecified atom stereocenters. The van der Waals surface area contributed by atoms with E-state index in [4.69, 9.17) is 14.6 Å². The average molecular weight is 433 g/mol. The zero-order valence-electron chi connectivity index (χ0n) is 18.4. The predicted molar refractivity (Wildman–Crippen MR) is 117 cm³/mol. The molecule has 0 bridgehead atoms. The number of likely N-dealkylation sites (tertiary alicyclic amines) is 1. The lowest BCUT2D eigenvalue weighted by Crippen LogP contribution is -2.46. The summed E-state index contributed by atoms with van der Waals surface area (Å²) < 4.78 is 10.9. The van der Waals surface area contributed by atoms with Crippen LogP contribution in [0.1, 0.15) is 44.1 Å². The number of urea groups is 1. The summed E-state index contributed by atoms with van der Waals surface area (Å²) in [5.74, 6) is 0.592. The monoisotopic (exact) mass is 432 g/mol. The smallest absolute Gasteiger partial charge is 0.335 e. The number of nitrogens with one attached hydrogen (secondary N) is 2. The van der Waals surface area contributed by atoms with Crippen LogP contribution in [0, 0.1) is 0 Å². The third-order valence-electron chi connectivity index (χ3n) is 6.50. The highest BCUT2D eigenvalue weighted by atomic mass is 16.5. The Labute approximate surface area is 182 Å². The molecule has 1 aliphatic heterocycles. The van der Waals surface area contributed by atoms with Crippen molar-refractivity contribution in [2.45, 2.75) is 50.0 Å². The van der Waals surface area contributed by atoms with Crippen LogP contribution in [0.15, 0.2) is 23.3 Å². The molecule has 3 rings (SSSR count). The molecule has 0 aromatic heterocycles. The highest BCUT2D eigenvalue weighted by Gasteiger charge is 2.49. The Balaban J connectivity index is 1.66. The minimum atomic E-state index is -0.872. The zero-order valence-corrected chi connectivity index (χ0v) is 18.4. The maximum Gasteiger partial charge on any atom is 0.335 e. The number of carbonyl (C=O) groups excluding carboxylic acids is 1. The lowest BCUT2D eigenvalue weighted by Gasteiger charge is -2.42. The van der Waals surface area contributed by atoms with E-state index in [1.807, 2.05) is 6.07 Å². The largest absolute Gasteiger partial charge is 0.493 e. The number of rotatable bonds is 8. The highest BCUT2D eigenvalue weighted by molar-refractivity contribution is 5.88. The molecule has 2 fully saturated rings. The second kappa shape index (κ2) is 10.00. The van der Waals surface area contributed by atoms with Crippen molar-refractivity contribution in [2.24, 2.45) is 5.10 Å². The Morgan fingerprint density at radius 2 is 2.03 bits per heavy atom. The molecular weight excluding hydrogens is 400 g/mol. The number of aliphatic carboxylic acids is 1. The van der Waals surface area contributed by atoms with E-state index in [1.165, 1.54) is 5.56 Å². The van der Waals surface area contributed by atoms with Crippen LogP contribution in [0.25, 0.3) is 0 Å². The van der Waals surface area contributed by atoms with Crippen molar-refractivity contribution < 1.29 is 24.2 Å². The maximum absolute atomic E-state index is 11.9. The van der Waals surface area contributed by atoms with Crippen molar-refractivity contribution in [3.63, 3.8) is 0 Å². The fraction of sp³-hybridized carbons (Fsp3) is 0.591. The molecular formula is C22H32N4O5. The van der Waals surface area contributed by atoms with E-state index in [2.05, 4.69) is 39.9 Å². The van der Waals surface area contributed by atoms with Gasteiger partial charge in [-0.2, -0.15) is 5.10 Å². The molecule has 9 nitrogen and oxygen atoms in total. The molecule has 31 heavy (non-hydrogen) atoms. The van der Waals surface area contributed by atoms with Gasteiger partial charge in [-0.25, -0.2) is 10.2 Å². The van der Waals surface area contributed by atoms with Gasteiger partial charge >= 0.3 is 12.0 Å². The summed E-state index contributed by atoms with van der Waals surface area (Å²) >= 11 is 0. The molecule has 1 heterocycles. The van der Waals surface area contributed by atoms with Crippen molar-refractivity contribution in [2.75, 3.05) is 34.4 Å². The molecule has 0 radical (unpaired) electrons. The molecule has 1 saturated carbocycles. The zero-order chi connectivity index (χ0) is 22.4. The predicted octanol–water partition coefficient (Wildman–Crippen LogP) is 2.35. The molecule has 170 valence electrons. The Kier molecular flexibility index (Phi) is 7.37. The van der Waals surface area contributed by atoms with Crippen molar-refractivity contribution in [1.29, 1.82) is 0 Å². The third kappa shape index (κ3) is 5.10. The molecule has 1 saturated heterocycles. The van der Waals surface area contributed by atoms with Gasteiger partial charge in [-0.05, 0) is 57.0 Å². The van der Waals surface area contributed by atoms with Gasteiger partial charge in [-0.15, -0.1) is 0 Å². The van der Waals surface area contributed by atoms with Gasteiger partial charge < -0.3 is 24.8 Å². The molecule has 9 heteroatoms. The van der Waals surface area contributed by atoms with Crippen LogP contribution in [-0.2, 0) is 10.2 Å². The second-order valence-corrected chi connectivity index (χ2v) is 8.22. The van der Waals surface area contributed by atoms with E-state index < -0.39 is 12.0 Å². The van der Waals surface area contributed by atoms with Gasteiger partial charge in [0.2, 0.25) is 0 Å². The van der Waals surface area contributed by atoms with Gasteiger partial charge in [0.25, 0.3) is 0 Å². The van der Waals surface area contributed by atoms with E-state index >= 15 is 0 Å². The number of likely N-dealkylation sites (N-methyl/N-ethyl adjacent to an activating group) is 1. The fourth-order valence-electron chi connectivity index (χ4n) is 4.80. The number of fused-ring (bicyclic) bond motifs is 1. The van der Waals surface area contributed by atoms with E-state index in [-0.39, 0.29) is 11.8 Å². The number of hydrogen-bond acceptors (Lipinski definition) is 6. The van der Waals surface area contributed by atoms with Crippen molar-refractivity contribution >= 4 is 17.7 Å². The molecule has 0 spiro atoms. The minimum absolute atomic E-state index is 0.0203. The number of methoxy groups -OCH3 is 2. The number of carbonyl (C=O) groups is 2. The maximum atomic E-state index is 11.9. The van der Waals surface area contributed by atoms with Crippen LogP contribution in [-0.4, -0.2) is 68.1 Å². The van der Waals surface area contributed by atoms with Crippen LogP contribution in [0.3, 0.4) is 0 Å². The van der Waals surface area contributed by atoms with Crippen LogP contribution >= 0.6 is 0 Å². The van der Waals surface area contributed by atoms with E-state index in [0.29, 0.717) is 19.0 Å². The lowest BCUT2D eigenvalue weighted by molar-refractivity contribution is -0.137. The minimum Gasteiger partial charge on any atom is -0.493 e. The SMILES string of the molecule is COc1ccc(C23CC/C(=N/NC(=O)NCCCC(=O)O)CC2N(C)CC3)cc1OC. The second-order valence-electron chi connectivity index (χ2n) is 8.22. The number of hydrogen-bond donors (Lipinski definition) is 3. The van der Waals surface area contributed by atoms with Crippen molar-refractivity contribution in [1.82, 2.24) is 15.6 Å². The third-order valence-corrected chi connectivity index (χ3v) is 6.50. The first-order chi connectivity index (χ1) is 14.9. The Morgan fingerprint density at radius 1 is 1.26 bits per heavy atom. The lowest BCUT2D eigenvalue weighted by atomic mass is 9.65. The highest BCUT2D eigenvalue weighted by Crippen LogP contribution is 2.49. The number of nitrogens with zero attached hydrogens (tertiary/aromatic N) is 2. The fourth-order valence-corrected chi connectivity index (χ4v) is 4.80. The number of ether oxygens (including phenoxy) is 2. The topological polar surface area (TPSA) is 112 Å². The van der Waals surface area contributed by atoms with Gasteiger partial charge in [-0.1, -0.05) is 6.07 Å². The van der Waals surface area contributed by atoms with Crippen molar-refractivity contribution in [3.05, 3.63) is 23.8 Å². The molecule has 1 aromatic carbocycles. The number of carboxylic acid groups (broad SMARTS) is 1. The van der Waals surface area contributed by atoms with Crippen LogP contribution < -0.4 is 20.2 Å². The molecule has 1 aliphatic carbocycles. The number of benzene rings is 1. The summed E-state index contributed by atoms with van der Waals surface area (Å²) in [5.41, 5.74) is 4.80. The standard InChI is InChI=1S/C22H32N4O5/c1-26-12-10-22(15-6-7-17(30-2)18(13-15)31-3)9-8-16(14-19(22)26)24-25-21(29)23-11-4-5-20(27)28/h6-7,13,19H,4-5,8-12,14H2,1-3H3,(H,27,28)(H2,23,25,29)/b24-16-. The Morgan fingerprint density at radius 3 is 2.74 bits per heavy atom. The summed E-state index contributed by atoms with van der Waals surface area (Å²) in [7, 11) is 5.43. The Hall–Kier alpha value is -2.81. The molecule has 1 aromatic rings. The number of carboxylic acids is 1. The van der Waals surface area contributed by atoms with Gasteiger partial charge in [0.1, 0.15) is 0 Å². The Bertz CT molecular complexity index is 843. The van der Waals surface area contributed by atoms with Gasteiger partial charge in [0.05, 0.1) is 14.2 Å². The van der Waals surface area contributed by atoms with Gasteiger partial charge in [0.15, 0.2) is 11.5 Å². The van der Waals surface area contributed by atoms with E-state index in [0.717, 1.165) is 49.4 Å². The van der Waals surface area contributed by atoms with Gasteiger partial charge in [0, 0.05) is 36.6 Å². The quantitative estimate of drug-likeness (QED) is 0.429. The average Bonchev–Trinajstić information content (AvgIpc) is 3.11. The van der Waals surface area contributed by atoms with E-state index in [1.54, 1.807) is 14.2 Å². The van der Waals surface area contributed by atoms with Crippen LogP contribution in [0.2, 0.25) is 0 Å². The van der Waals surface area contributed by atoms with Crippen LogP contribution in [0.4, 0.5) is 4.79 Å². The summed E-state index contributed by atoms with van der Waals surface area (Å²) in [5, 5.41) is 15.6. The first-order valence-electron chi connectivity index (χ1n) is 10.6. The summed E-state index contributed by atoms with van der Waals surface area (Å²) in [6.07, 6.45) is 4.01. The molecule has 3 N–H and O–H groups in total. The van der Waals surface area contributed by atoms with E-state index in [9.17, 15) is 9.59 Å². The molecule has 2 aliphatic rings. The first kappa shape index (κ1) is 22.9. The summed E-state index contributed by atoms with van der Waals surface area (Å²) in [6, 6.07) is 6.08. The van der Waals surface area contributed by atoms with Crippen molar-refractivity contribution in [3.8, 4) is 11.5 Å². The summed E-state index contributed by atoms with van der Waals surface area (Å²) in [6.45, 7) is 1.31. The normalized spacial score (nSPS) is 24.5. The molecule has 2 amide bonds. The summed E-state index contributed by atoms with van der Waals surface area (Å²) in [4.78, 5) is 24.8. The number of amides is 2. The number of hydrazone groups is 1.